The van der Waals surface area contributed by atoms with E-state index in [1.165, 1.54) is 6.92 Å². The van der Waals surface area contributed by atoms with Crippen molar-refractivity contribution in [1.82, 2.24) is 5.32 Å². The van der Waals surface area contributed by atoms with Crippen LogP contribution >= 0.6 is 11.6 Å². The fraction of sp³-hybridized carbons (Fsp3) is 0.263. The molecular weight excluding hydrogens is 340 g/mol. The van der Waals surface area contributed by atoms with Gasteiger partial charge in [0.1, 0.15) is 5.75 Å². The molecule has 2 aromatic rings. The number of methoxy groups -OCH3 is 1. The summed E-state index contributed by atoms with van der Waals surface area (Å²) in [7, 11) is 1.57. The van der Waals surface area contributed by atoms with E-state index in [0.717, 1.165) is 5.56 Å². The molecule has 0 aliphatic rings. The molecule has 0 spiro atoms. The maximum atomic E-state index is 12.1. The van der Waals surface area contributed by atoms with Crippen LogP contribution in [0.25, 0.3) is 0 Å². The second-order valence-corrected chi connectivity index (χ2v) is 5.90. The van der Waals surface area contributed by atoms with Gasteiger partial charge in [0.05, 0.1) is 7.11 Å². The smallest absolute Gasteiger partial charge is 0.223 e. The van der Waals surface area contributed by atoms with Gasteiger partial charge in [-0.2, -0.15) is 0 Å². The van der Waals surface area contributed by atoms with Crippen LogP contribution in [-0.2, 0) is 16.1 Å². The first-order valence-electron chi connectivity index (χ1n) is 7.93. The van der Waals surface area contributed by atoms with Crippen LogP contribution in [0.5, 0.6) is 5.75 Å². The number of halogens is 1. The maximum Gasteiger partial charge on any atom is 0.223 e. The highest BCUT2D eigenvalue weighted by Crippen LogP contribution is 2.21. The van der Waals surface area contributed by atoms with Crippen LogP contribution in [0.4, 0.5) is 5.69 Å². The molecular formula is C19H21ClN2O3. The molecule has 0 saturated carbocycles. The van der Waals surface area contributed by atoms with Gasteiger partial charge in [0.25, 0.3) is 0 Å². The van der Waals surface area contributed by atoms with E-state index >= 15 is 0 Å². The second kappa shape index (κ2) is 9.08. The Labute approximate surface area is 152 Å². The van der Waals surface area contributed by atoms with Crippen molar-refractivity contribution in [2.45, 2.75) is 19.9 Å². The molecule has 2 amide bonds. The first kappa shape index (κ1) is 18.8. The highest BCUT2D eigenvalue weighted by atomic mass is 35.5. The van der Waals surface area contributed by atoms with Gasteiger partial charge in [-0.1, -0.05) is 35.9 Å². The van der Waals surface area contributed by atoms with E-state index in [9.17, 15) is 9.59 Å². The van der Waals surface area contributed by atoms with Crippen LogP contribution in [0, 0.1) is 0 Å². The van der Waals surface area contributed by atoms with E-state index < -0.39 is 0 Å². The molecule has 0 heterocycles. The van der Waals surface area contributed by atoms with E-state index in [1.54, 1.807) is 30.2 Å². The van der Waals surface area contributed by atoms with Crippen molar-refractivity contribution in [1.29, 1.82) is 0 Å². The van der Waals surface area contributed by atoms with Crippen LogP contribution in [0.3, 0.4) is 0 Å². The lowest BCUT2D eigenvalue weighted by molar-refractivity contribution is -0.121. The van der Waals surface area contributed by atoms with Gasteiger partial charge in [-0.25, -0.2) is 0 Å². The number of carbonyl (C=O) groups excluding carboxylic acids is 2. The predicted molar refractivity (Wildman–Crippen MR) is 98.9 cm³/mol. The lowest BCUT2D eigenvalue weighted by Gasteiger charge is -2.21. The zero-order valence-corrected chi connectivity index (χ0v) is 15.0. The second-order valence-electron chi connectivity index (χ2n) is 5.49. The molecule has 0 bridgehead atoms. The Morgan fingerprint density at radius 2 is 1.92 bits per heavy atom. The number of nitrogens with zero attached hydrogens (tertiary/aromatic N) is 1. The van der Waals surface area contributed by atoms with Crippen molar-refractivity contribution >= 4 is 29.1 Å². The number of hydrogen-bond donors (Lipinski definition) is 1. The van der Waals surface area contributed by atoms with Gasteiger partial charge >= 0.3 is 0 Å². The maximum absolute atomic E-state index is 12.1. The summed E-state index contributed by atoms with van der Waals surface area (Å²) in [6, 6.07) is 14.5. The molecule has 0 atom stereocenters. The van der Waals surface area contributed by atoms with E-state index in [-0.39, 0.29) is 24.8 Å². The Bertz CT molecular complexity index is 749. The SMILES string of the molecule is COc1cccc(N(CCC(=O)NCc2ccccc2Cl)C(C)=O)c1. The Balaban J connectivity index is 1.93. The van der Waals surface area contributed by atoms with Crippen LogP contribution in [-0.4, -0.2) is 25.5 Å². The number of rotatable bonds is 7. The lowest BCUT2D eigenvalue weighted by Crippen LogP contribution is -2.33. The molecule has 0 radical (unpaired) electrons. The average molecular weight is 361 g/mol. The summed E-state index contributed by atoms with van der Waals surface area (Å²) in [5.41, 5.74) is 1.56. The van der Waals surface area contributed by atoms with Crippen molar-refractivity contribution in [3.63, 3.8) is 0 Å². The summed E-state index contributed by atoms with van der Waals surface area (Å²) in [5.74, 6) is 0.383. The van der Waals surface area contributed by atoms with Crippen molar-refractivity contribution in [3.8, 4) is 5.75 Å². The normalized spacial score (nSPS) is 10.2. The number of carbonyl (C=O) groups is 2. The van der Waals surface area contributed by atoms with Crippen molar-refractivity contribution in [3.05, 3.63) is 59.1 Å². The highest BCUT2D eigenvalue weighted by molar-refractivity contribution is 6.31. The third-order valence-electron chi connectivity index (χ3n) is 3.74. The lowest BCUT2D eigenvalue weighted by atomic mass is 10.2. The Kier molecular flexibility index (Phi) is 6.83. The number of benzene rings is 2. The van der Waals surface area contributed by atoms with Crippen molar-refractivity contribution in [2.75, 3.05) is 18.6 Å². The van der Waals surface area contributed by atoms with Crippen LogP contribution in [0.15, 0.2) is 48.5 Å². The van der Waals surface area contributed by atoms with Gasteiger partial charge in [-0.15, -0.1) is 0 Å². The number of hydrogen-bond acceptors (Lipinski definition) is 3. The van der Waals surface area contributed by atoms with Crippen LogP contribution in [0.2, 0.25) is 5.02 Å². The molecule has 2 rings (SSSR count). The number of nitrogens with one attached hydrogen (secondary N) is 1. The molecule has 6 heteroatoms. The number of ether oxygens (including phenoxy) is 1. The molecule has 2 aromatic carbocycles. The Morgan fingerprint density at radius 3 is 2.60 bits per heavy atom. The summed E-state index contributed by atoms with van der Waals surface area (Å²) in [4.78, 5) is 25.6. The van der Waals surface area contributed by atoms with Gasteiger partial charge in [-0.05, 0) is 23.8 Å². The third-order valence-corrected chi connectivity index (χ3v) is 4.11. The number of anilines is 1. The topological polar surface area (TPSA) is 58.6 Å². The van der Waals surface area contributed by atoms with Gasteiger partial charge in [0, 0.05) is 43.2 Å². The minimum absolute atomic E-state index is 0.132. The molecule has 0 unspecified atom stereocenters. The van der Waals surface area contributed by atoms with E-state index in [2.05, 4.69) is 5.32 Å². The number of amides is 2. The molecule has 25 heavy (non-hydrogen) atoms. The summed E-state index contributed by atoms with van der Waals surface area (Å²) in [5, 5.41) is 3.44. The summed E-state index contributed by atoms with van der Waals surface area (Å²) >= 11 is 6.07. The minimum Gasteiger partial charge on any atom is -0.497 e. The first-order chi connectivity index (χ1) is 12.0. The standard InChI is InChI=1S/C19H21ClN2O3/c1-14(23)22(16-7-5-8-17(12-16)25-2)11-10-19(24)21-13-15-6-3-4-9-18(15)20/h3-9,12H,10-11,13H2,1-2H3,(H,21,24). The van der Waals surface area contributed by atoms with Crippen molar-refractivity contribution < 1.29 is 14.3 Å². The highest BCUT2D eigenvalue weighted by Gasteiger charge is 2.14. The molecule has 0 aliphatic carbocycles. The molecule has 0 fully saturated rings. The van der Waals surface area contributed by atoms with E-state index in [0.29, 0.717) is 23.0 Å². The predicted octanol–water partition coefficient (Wildman–Crippen LogP) is 3.41. The van der Waals surface area contributed by atoms with E-state index in [1.807, 2.05) is 30.3 Å². The summed E-state index contributed by atoms with van der Waals surface area (Å²) < 4.78 is 5.18. The Hall–Kier alpha value is -2.53. The van der Waals surface area contributed by atoms with Gasteiger partial charge in [0.15, 0.2) is 0 Å². The monoisotopic (exact) mass is 360 g/mol. The summed E-state index contributed by atoms with van der Waals surface area (Å²) in [6.45, 7) is 2.12. The average Bonchev–Trinajstić information content (AvgIpc) is 2.61. The zero-order valence-electron chi connectivity index (χ0n) is 14.3. The van der Waals surface area contributed by atoms with Crippen molar-refractivity contribution in [2.24, 2.45) is 0 Å². The molecule has 0 aromatic heterocycles. The Morgan fingerprint density at radius 1 is 1.16 bits per heavy atom. The van der Waals surface area contributed by atoms with Crippen LogP contribution in [0.1, 0.15) is 18.9 Å². The quantitative estimate of drug-likeness (QED) is 0.823. The van der Waals surface area contributed by atoms with E-state index in [4.69, 9.17) is 16.3 Å². The van der Waals surface area contributed by atoms with Gasteiger partial charge in [0.2, 0.25) is 11.8 Å². The fourth-order valence-electron chi connectivity index (χ4n) is 2.38. The molecule has 0 saturated heterocycles. The zero-order chi connectivity index (χ0) is 18.2. The molecule has 1 N–H and O–H groups in total. The molecule has 132 valence electrons. The van der Waals surface area contributed by atoms with Gasteiger partial charge < -0.3 is 15.0 Å². The molecule has 0 aliphatic heterocycles. The largest absolute Gasteiger partial charge is 0.497 e. The first-order valence-corrected chi connectivity index (χ1v) is 8.31. The fourth-order valence-corrected chi connectivity index (χ4v) is 2.59. The van der Waals surface area contributed by atoms with Crippen LogP contribution < -0.4 is 15.0 Å². The molecule has 5 nitrogen and oxygen atoms in total. The third kappa shape index (κ3) is 5.50. The minimum atomic E-state index is -0.144. The van der Waals surface area contributed by atoms with Gasteiger partial charge in [-0.3, -0.25) is 9.59 Å². The summed E-state index contributed by atoms with van der Waals surface area (Å²) in [6.07, 6.45) is 0.196.